The number of fused-ring (bicyclic) bond motifs is 1. The second kappa shape index (κ2) is 8.44. The van der Waals surface area contributed by atoms with Gasteiger partial charge in [0.2, 0.25) is 5.91 Å². The molecule has 0 radical (unpaired) electrons. The standard InChI is InChI=1S/C20H23ClN4O4/c1-12-5-15(29-24-12)10-28-19-8-17-13(7-16(19)21)6-14(23-17)9-22-20(26)18-11-27-4-3-25(18)2/h5-8,18,23H,3-4,9-11H2,1-2H3,(H,22,26). The number of carbonyl (C=O) groups excluding carboxylic acids is 1. The van der Waals surface area contributed by atoms with Crippen LogP contribution >= 0.6 is 11.6 Å². The average molecular weight is 419 g/mol. The molecule has 1 aliphatic heterocycles. The molecule has 8 nitrogen and oxygen atoms in total. The maximum Gasteiger partial charge on any atom is 0.240 e. The number of rotatable bonds is 6. The van der Waals surface area contributed by atoms with E-state index in [1.54, 1.807) is 0 Å². The molecule has 1 amide bonds. The number of hydrogen-bond donors (Lipinski definition) is 2. The van der Waals surface area contributed by atoms with E-state index in [4.69, 9.17) is 25.6 Å². The summed E-state index contributed by atoms with van der Waals surface area (Å²) in [6.45, 7) is 4.30. The first-order valence-electron chi connectivity index (χ1n) is 9.41. The molecule has 1 saturated heterocycles. The van der Waals surface area contributed by atoms with Gasteiger partial charge in [-0.1, -0.05) is 16.8 Å². The van der Waals surface area contributed by atoms with Gasteiger partial charge in [-0.05, 0) is 26.1 Å². The lowest BCUT2D eigenvalue weighted by molar-refractivity contribution is -0.131. The third kappa shape index (κ3) is 4.55. The molecule has 154 valence electrons. The highest BCUT2D eigenvalue weighted by Crippen LogP contribution is 2.31. The maximum atomic E-state index is 12.4. The Morgan fingerprint density at radius 3 is 3.03 bits per heavy atom. The lowest BCUT2D eigenvalue weighted by Gasteiger charge is -2.31. The highest BCUT2D eigenvalue weighted by atomic mass is 35.5. The molecular formula is C20H23ClN4O4. The Balaban J connectivity index is 1.41. The van der Waals surface area contributed by atoms with Gasteiger partial charge in [0, 0.05) is 35.3 Å². The molecule has 0 bridgehead atoms. The Morgan fingerprint density at radius 2 is 2.28 bits per heavy atom. The molecule has 1 aliphatic rings. The summed E-state index contributed by atoms with van der Waals surface area (Å²) in [6, 6.07) is 7.20. The number of carbonyl (C=O) groups is 1. The Kier molecular flexibility index (Phi) is 5.75. The predicted octanol–water partition coefficient (Wildman–Crippen LogP) is 2.64. The van der Waals surface area contributed by atoms with E-state index >= 15 is 0 Å². The third-order valence-corrected chi connectivity index (χ3v) is 5.22. The molecule has 1 aromatic carbocycles. The number of hydrogen-bond acceptors (Lipinski definition) is 6. The van der Waals surface area contributed by atoms with Crippen LogP contribution in [0.1, 0.15) is 17.1 Å². The molecular weight excluding hydrogens is 396 g/mol. The molecule has 29 heavy (non-hydrogen) atoms. The van der Waals surface area contributed by atoms with Gasteiger partial charge in [-0.3, -0.25) is 9.69 Å². The van der Waals surface area contributed by atoms with Crippen molar-refractivity contribution in [2.75, 3.05) is 26.8 Å². The fourth-order valence-electron chi connectivity index (χ4n) is 3.29. The number of likely N-dealkylation sites (N-methyl/N-ethyl adjacent to an activating group) is 1. The zero-order valence-electron chi connectivity index (χ0n) is 16.3. The molecule has 4 rings (SSSR count). The van der Waals surface area contributed by atoms with E-state index in [2.05, 4.69) is 15.5 Å². The smallest absolute Gasteiger partial charge is 0.240 e. The van der Waals surface area contributed by atoms with Gasteiger partial charge in [0.1, 0.15) is 18.4 Å². The van der Waals surface area contributed by atoms with Crippen LogP contribution in [0, 0.1) is 6.92 Å². The van der Waals surface area contributed by atoms with Crippen molar-refractivity contribution >= 4 is 28.4 Å². The first kappa shape index (κ1) is 19.8. The number of aromatic amines is 1. The summed E-state index contributed by atoms with van der Waals surface area (Å²) < 4.78 is 16.3. The number of halogens is 1. The molecule has 0 saturated carbocycles. The molecule has 2 N–H and O–H groups in total. The van der Waals surface area contributed by atoms with Gasteiger partial charge in [0.05, 0.1) is 30.5 Å². The van der Waals surface area contributed by atoms with Crippen molar-refractivity contribution < 1.29 is 18.8 Å². The highest BCUT2D eigenvalue weighted by molar-refractivity contribution is 6.32. The number of amides is 1. The first-order chi connectivity index (χ1) is 14.0. The van der Waals surface area contributed by atoms with Crippen LogP contribution in [0.15, 0.2) is 28.8 Å². The summed E-state index contributed by atoms with van der Waals surface area (Å²) >= 11 is 6.35. The van der Waals surface area contributed by atoms with Crippen molar-refractivity contribution in [1.29, 1.82) is 0 Å². The quantitative estimate of drug-likeness (QED) is 0.639. The number of aryl methyl sites for hydroxylation is 1. The number of morpholine rings is 1. The molecule has 0 spiro atoms. The van der Waals surface area contributed by atoms with Crippen molar-refractivity contribution in [3.05, 3.63) is 46.4 Å². The lowest BCUT2D eigenvalue weighted by atomic mass is 10.2. The Bertz CT molecular complexity index is 1020. The minimum atomic E-state index is -0.262. The Hall–Kier alpha value is -2.55. The van der Waals surface area contributed by atoms with Gasteiger partial charge in [-0.15, -0.1) is 0 Å². The SMILES string of the molecule is Cc1cc(COc2cc3[nH]c(CNC(=O)C4COCCN4C)cc3cc2Cl)on1. The van der Waals surface area contributed by atoms with Crippen LogP contribution in [0.5, 0.6) is 5.75 Å². The molecule has 0 aliphatic carbocycles. The molecule has 3 heterocycles. The van der Waals surface area contributed by atoms with E-state index in [0.717, 1.165) is 28.8 Å². The van der Waals surface area contributed by atoms with Crippen LogP contribution in [0.4, 0.5) is 0 Å². The van der Waals surface area contributed by atoms with Crippen LogP contribution in [-0.2, 0) is 22.7 Å². The highest BCUT2D eigenvalue weighted by Gasteiger charge is 2.26. The lowest BCUT2D eigenvalue weighted by Crippen LogP contribution is -2.51. The Morgan fingerprint density at radius 1 is 1.41 bits per heavy atom. The van der Waals surface area contributed by atoms with Gasteiger partial charge in [0.25, 0.3) is 0 Å². The van der Waals surface area contributed by atoms with Crippen LogP contribution in [0.2, 0.25) is 5.02 Å². The first-order valence-corrected chi connectivity index (χ1v) is 9.79. The Labute approximate surface area is 173 Å². The summed E-state index contributed by atoms with van der Waals surface area (Å²) in [5, 5.41) is 8.25. The van der Waals surface area contributed by atoms with Crippen molar-refractivity contribution in [1.82, 2.24) is 20.4 Å². The van der Waals surface area contributed by atoms with E-state index < -0.39 is 0 Å². The summed E-state index contributed by atoms with van der Waals surface area (Å²) in [6.07, 6.45) is 0. The molecule has 3 aromatic rings. The van der Waals surface area contributed by atoms with Gasteiger partial charge in [-0.2, -0.15) is 0 Å². The number of H-pyrrole nitrogens is 1. The summed E-state index contributed by atoms with van der Waals surface area (Å²) in [5.41, 5.74) is 2.56. The third-order valence-electron chi connectivity index (χ3n) is 4.93. The topological polar surface area (TPSA) is 92.6 Å². The zero-order chi connectivity index (χ0) is 20.4. The molecule has 1 unspecified atom stereocenters. The maximum absolute atomic E-state index is 12.4. The molecule has 1 atom stereocenters. The van der Waals surface area contributed by atoms with Crippen molar-refractivity contribution in [2.45, 2.75) is 26.1 Å². The van der Waals surface area contributed by atoms with Gasteiger partial charge < -0.3 is 24.3 Å². The van der Waals surface area contributed by atoms with E-state index in [1.807, 2.05) is 43.1 Å². The van der Waals surface area contributed by atoms with Crippen LogP contribution in [0.25, 0.3) is 10.9 Å². The molecule has 9 heteroatoms. The van der Waals surface area contributed by atoms with Gasteiger partial charge >= 0.3 is 0 Å². The minimum Gasteiger partial charge on any atom is -0.484 e. The van der Waals surface area contributed by atoms with Gasteiger partial charge in [-0.25, -0.2) is 0 Å². The van der Waals surface area contributed by atoms with E-state index in [-0.39, 0.29) is 18.6 Å². The molecule has 1 fully saturated rings. The second-order valence-corrected chi connectivity index (χ2v) is 7.58. The number of ether oxygens (including phenoxy) is 2. The number of benzene rings is 1. The van der Waals surface area contributed by atoms with Crippen molar-refractivity contribution in [3.8, 4) is 5.75 Å². The van der Waals surface area contributed by atoms with Crippen molar-refractivity contribution in [2.24, 2.45) is 0 Å². The van der Waals surface area contributed by atoms with Crippen LogP contribution < -0.4 is 10.1 Å². The second-order valence-electron chi connectivity index (χ2n) is 7.18. The summed E-state index contributed by atoms with van der Waals surface area (Å²) in [5.74, 6) is 1.13. The molecule has 2 aromatic heterocycles. The normalized spacial score (nSPS) is 17.6. The largest absolute Gasteiger partial charge is 0.484 e. The zero-order valence-corrected chi connectivity index (χ0v) is 17.1. The number of aromatic nitrogens is 2. The van der Waals surface area contributed by atoms with Crippen LogP contribution in [-0.4, -0.2) is 53.8 Å². The van der Waals surface area contributed by atoms with E-state index in [1.165, 1.54) is 0 Å². The fourth-order valence-corrected chi connectivity index (χ4v) is 3.52. The summed E-state index contributed by atoms with van der Waals surface area (Å²) in [7, 11) is 1.93. The average Bonchev–Trinajstić information content (AvgIpc) is 3.29. The van der Waals surface area contributed by atoms with Crippen LogP contribution in [0.3, 0.4) is 0 Å². The fraction of sp³-hybridized carbons (Fsp3) is 0.400. The van der Waals surface area contributed by atoms with Gasteiger partial charge in [0.15, 0.2) is 5.76 Å². The van der Waals surface area contributed by atoms with Crippen molar-refractivity contribution in [3.63, 3.8) is 0 Å². The summed E-state index contributed by atoms with van der Waals surface area (Å²) in [4.78, 5) is 17.7. The monoisotopic (exact) mass is 418 g/mol. The number of nitrogens with zero attached hydrogens (tertiary/aromatic N) is 2. The van der Waals surface area contributed by atoms with E-state index in [0.29, 0.717) is 36.3 Å². The number of nitrogens with one attached hydrogen (secondary N) is 2. The minimum absolute atomic E-state index is 0.0461. The van der Waals surface area contributed by atoms with E-state index in [9.17, 15) is 4.79 Å². The predicted molar refractivity (Wildman–Crippen MR) is 108 cm³/mol.